The van der Waals surface area contributed by atoms with Gasteiger partial charge in [-0.15, -0.1) is 22.9 Å². The second-order valence-electron chi connectivity index (χ2n) is 3.37. The lowest BCUT2D eigenvalue weighted by atomic mass is 9.86. The van der Waals surface area contributed by atoms with Crippen LogP contribution < -0.4 is 0 Å². The molecule has 1 heterocycles. The molecule has 66 valence electrons. The van der Waals surface area contributed by atoms with Gasteiger partial charge in [0.2, 0.25) is 0 Å². The highest BCUT2D eigenvalue weighted by Gasteiger charge is 2.19. The average molecular weight is 201 g/mol. The molecule has 0 saturated heterocycles. The van der Waals surface area contributed by atoms with Gasteiger partial charge in [-0.3, -0.25) is 0 Å². The van der Waals surface area contributed by atoms with Crippen LogP contribution in [0.3, 0.4) is 0 Å². The van der Waals surface area contributed by atoms with E-state index < -0.39 is 0 Å². The predicted molar refractivity (Wildman–Crippen MR) is 55.3 cm³/mol. The molecule has 0 spiro atoms. The van der Waals surface area contributed by atoms with Crippen molar-refractivity contribution in [2.24, 2.45) is 0 Å². The van der Waals surface area contributed by atoms with Crippen molar-refractivity contribution in [1.29, 1.82) is 0 Å². The Morgan fingerprint density at radius 1 is 1.58 bits per heavy atom. The summed E-state index contributed by atoms with van der Waals surface area (Å²) in [5, 5.41) is 2.22. The maximum Gasteiger partial charge on any atom is 0.0229 e. The van der Waals surface area contributed by atoms with Crippen LogP contribution in [-0.2, 0) is 6.42 Å². The first-order valence-corrected chi connectivity index (χ1v) is 5.95. The first-order chi connectivity index (χ1) is 5.92. The Hall–Kier alpha value is -0.0100. The third-order valence-electron chi connectivity index (χ3n) is 2.63. The van der Waals surface area contributed by atoms with E-state index in [4.69, 9.17) is 11.6 Å². The van der Waals surface area contributed by atoms with E-state index in [1.807, 2.05) is 11.3 Å². The fourth-order valence-corrected chi connectivity index (χ4v) is 3.29. The maximum atomic E-state index is 5.77. The lowest BCUT2D eigenvalue weighted by molar-refractivity contribution is 0.548. The Labute approximate surface area is 82.6 Å². The van der Waals surface area contributed by atoms with Crippen LogP contribution >= 0.6 is 22.9 Å². The number of alkyl halides is 1. The first kappa shape index (κ1) is 8.58. The fraction of sp³-hybridized carbons (Fsp3) is 0.600. The van der Waals surface area contributed by atoms with Gasteiger partial charge in [0.05, 0.1) is 0 Å². The zero-order valence-electron chi connectivity index (χ0n) is 7.05. The van der Waals surface area contributed by atoms with Crippen molar-refractivity contribution >= 4 is 22.9 Å². The topological polar surface area (TPSA) is 0 Å². The molecule has 2 rings (SSSR count). The van der Waals surface area contributed by atoms with Gasteiger partial charge in [-0.1, -0.05) is 0 Å². The van der Waals surface area contributed by atoms with E-state index in [0.717, 1.165) is 18.2 Å². The minimum absolute atomic E-state index is 0.762. The number of fused-ring (bicyclic) bond motifs is 1. The zero-order chi connectivity index (χ0) is 8.39. The molecule has 0 aromatic carbocycles. The van der Waals surface area contributed by atoms with E-state index in [0.29, 0.717) is 0 Å². The third-order valence-corrected chi connectivity index (χ3v) is 3.85. The van der Waals surface area contributed by atoms with Crippen molar-refractivity contribution in [3.8, 4) is 0 Å². The van der Waals surface area contributed by atoms with E-state index in [-0.39, 0.29) is 0 Å². The molecule has 0 radical (unpaired) electrons. The number of hydrogen-bond donors (Lipinski definition) is 0. The van der Waals surface area contributed by atoms with Crippen molar-refractivity contribution < 1.29 is 0 Å². The molecule has 1 aromatic heterocycles. The molecule has 12 heavy (non-hydrogen) atoms. The summed E-state index contributed by atoms with van der Waals surface area (Å²) in [6.45, 7) is 0. The minimum atomic E-state index is 0.762. The summed E-state index contributed by atoms with van der Waals surface area (Å²) in [7, 11) is 0. The van der Waals surface area contributed by atoms with Gasteiger partial charge >= 0.3 is 0 Å². The van der Waals surface area contributed by atoms with Crippen LogP contribution in [0.15, 0.2) is 11.4 Å². The number of hydrogen-bond acceptors (Lipinski definition) is 1. The molecule has 0 N–H and O–H groups in total. The highest BCUT2D eigenvalue weighted by atomic mass is 35.5. The van der Waals surface area contributed by atoms with Crippen molar-refractivity contribution in [2.45, 2.75) is 31.6 Å². The monoisotopic (exact) mass is 200 g/mol. The van der Waals surface area contributed by atoms with Crippen molar-refractivity contribution in [3.05, 3.63) is 21.9 Å². The zero-order valence-corrected chi connectivity index (χ0v) is 8.63. The van der Waals surface area contributed by atoms with Crippen molar-refractivity contribution in [3.63, 3.8) is 0 Å². The average Bonchev–Trinajstić information content (AvgIpc) is 2.53. The molecule has 1 atom stereocenters. The summed E-state index contributed by atoms with van der Waals surface area (Å²) in [5.74, 6) is 1.57. The number of thiophene rings is 1. The molecular formula is C10H13ClS. The second kappa shape index (κ2) is 3.80. The summed E-state index contributed by atoms with van der Waals surface area (Å²) in [6, 6.07) is 2.29. The Morgan fingerprint density at radius 2 is 2.50 bits per heavy atom. The van der Waals surface area contributed by atoms with Crippen LogP contribution in [0, 0.1) is 0 Å². The van der Waals surface area contributed by atoms with E-state index in [1.165, 1.54) is 19.3 Å². The number of aryl methyl sites for hydroxylation is 1. The standard InChI is InChI=1S/C10H13ClS/c11-6-4-8-2-1-3-10-9(8)5-7-12-10/h5,7-8H,1-4,6H2. The lowest BCUT2D eigenvalue weighted by Crippen LogP contribution is -2.07. The minimum Gasteiger partial charge on any atom is -0.149 e. The highest BCUT2D eigenvalue weighted by molar-refractivity contribution is 7.10. The van der Waals surface area contributed by atoms with Crippen molar-refractivity contribution in [2.75, 3.05) is 5.88 Å². The van der Waals surface area contributed by atoms with E-state index in [1.54, 1.807) is 10.4 Å². The van der Waals surface area contributed by atoms with Crippen LogP contribution in [0.25, 0.3) is 0 Å². The fourth-order valence-electron chi connectivity index (χ4n) is 2.01. The Morgan fingerprint density at radius 3 is 3.33 bits per heavy atom. The summed E-state index contributed by atoms with van der Waals surface area (Å²) in [5.41, 5.74) is 1.59. The van der Waals surface area contributed by atoms with Gasteiger partial charge in [0.15, 0.2) is 0 Å². The molecule has 1 aliphatic carbocycles. The van der Waals surface area contributed by atoms with Gasteiger partial charge in [-0.2, -0.15) is 0 Å². The van der Waals surface area contributed by atoms with Crippen LogP contribution in [0.4, 0.5) is 0 Å². The molecule has 1 aliphatic rings. The maximum absolute atomic E-state index is 5.77. The molecule has 1 aromatic rings. The van der Waals surface area contributed by atoms with Crippen LogP contribution in [0.1, 0.15) is 35.6 Å². The largest absolute Gasteiger partial charge is 0.149 e. The summed E-state index contributed by atoms with van der Waals surface area (Å²) >= 11 is 7.68. The quantitative estimate of drug-likeness (QED) is 0.638. The number of halogens is 1. The van der Waals surface area contributed by atoms with E-state index >= 15 is 0 Å². The lowest BCUT2D eigenvalue weighted by Gasteiger charge is -2.21. The van der Waals surface area contributed by atoms with Gasteiger partial charge in [-0.25, -0.2) is 0 Å². The van der Waals surface area contributed by atoms with Gasteiger partial charge in [0, 0.05) is 10.8 Å². The number of rotatable bonds is 2. The first-order valence-electron chi connectivity index (χ1n) is 4.54. The third kappa shape index (κ3) is 1.53. The summed E-state index contributed by atoms with van der Waals surface area (Å²) in [6.07, 6.45) is 5.16. The van der Waals surface area contributed by atoms with Gasteiger partial charge < -0.3 is 0 Å². The van der Waals surface area contributed by atoms with Crippen LogP contribution in [0.5, 0.6) is 0 Å². The van der Waals surface area contributed by atoms with Crippen LogP contribution in [0.2, 0.25) is 0 Å². The molecule has 0 saturated carbocycles. The molecule has 0 fully saturated rings. The molecular weight excluding hydrogens is 188 g/mol. The Balaban J connectivity index is 2.19. The highest BCUT2D eigenvalue weighted by Crippen LogP contribution is 2.36. The van der Waals surface area contributed by atoms with Gasteiger partial charge in [0.25, 0.3) is 0 Å². The normalized spacial score (nSPS) is 22.2. The molecule has 0 nitrogen and oxygen atoms in total. The van der Waals surface area contributed by atoms with E-state index in [2.05, 4.69) is 11.4 Å². The van der Waals surface area contributed by atoms with E-state index in [9.17, 15) is 0 Å². The van der Waals surface area contributed by atoms with Crippen molar-refractivity contribution in [1.82, 2.24) is 0 Å². The predicted octanol–water partition coefficient (Wildman–Crippen LogP) is 3.80. The Bertz CT molecular complexity index is 254. The summed E-state index contributed by atoms with van der Waals surface area (Å²) in [4.78, 5) is 1.61. The van der Waals surface area contributed by atoms with Gasteiger partial charge in [-0.05, 0) is 48.6 Å². The molecule has 0 aliphatic heterocycles. The molecule has 2 heteroatoms. The smallest absolute Gasteiger partial charge is 0.0229 e. The SMILES string of the molecule is ClCCC1CCCc2sccc21. The van der Waals surface area contributed by atoms with Gasteiger partial charge in [0.1, 0.15) is 0 Å². The molecule has 1 unspecified atom stereocenters. The Kier molecular flexibility index (Phi) is 2.72. The second-order valence-corrected chi connectivity index (χ2v) is 4.74. The molecule has 0 bridgehead atoms. The van der Waals surface area contributed by atoms with Crippen LogP contribution in [-0.4, -0.2) is 5.88 Å². The molecule has 0 amide bonds. The summed E-state index contributed by atoms with van der Waals surface area (Å²) < 4.78 is 0.